The summed E-state index contributed by atoms with van der Waals surface area (Å²) in [6.07, 6.45) is -5.21. The fraction of sp³-hybridized carbons (Fsp3) is 0.923. The maximum absolute atomic E-state index is 6.24. The molecule has 0 radical (unpaired) electrons. The minimum absolute atomic E-state index is 0.227. The fourth-order valence-corrected chi connectivity index (χ4v) is 7.87. The average Bonchev–Trinajstić information content (AvgIpc) is 3.67. The van der Waals surface area contributed by atoms with E-state index in [9.17, 15) is 0 Å². The van der Waals surface area contributed by atoms with Crippen molar-refractivity contribution in [2.75, 3.05) is 13.2 Å². The highest BCUT2D eigenvalue weighted by atomic mass is 33.1. The molecule has 6 saturated heterocycles. The molecular formula is C26H38O12S4. The van der Waals surface area contributed by atoms with Crippen molar-refractivity contribution in [1.82, 2.24) is 0 Å². The molecule has 12 nitrogen and oxygen atoms in total. The fourth-order valence-electron chi connectivity index (χ4n) is 5.96. The van der Waals surface area contributed by atoms with Gasteiger partial charge in [-0.2, -0.15) is 0 Å². The number of rotatable bonds is 4. The number of thiocarbonyl (C=S) groups is 2. The molecule has 0 saturated carbocycles. The third-order valence-electron chi connectivity index (χ3n) is 7.49. The summed E-state index contributed by atoms with van der Waals surface area (Å²) in [5, 5.41) is 0. The molecule has 0 aromatic carbocycles. The van der Waals surface area contributed by atoms with Gasteiger partial charge in [-0.05, 0) is 79.8 Å². The zero-order chi connectivity index (χ0) is 30.2. The van der Waals surface area contributed by atoms with Crippen LogP contribution in [0, 0.1) is 0 Å². The van der Waals surface area contributed by atoms with Crippen LogP contribution < -0.4 is 0 Å². The van der Waals surface area contributed by atoms with Crippen molar-refractivity contribution in [2.24, 2.45) is 0 Å². The maximum atomic E-state index is 6.24. The topological polar surface area (TPSA) is 111 Å². The van der Waals surface area contributed by atoms with Crippen LogP contribution in [-0.4, -0.2) is 107 Å². The summed E-state index contributed by atoms with van der Waals surface area (Å²) in [4.78, 5) is 0. The summed E-state index contributed by atoms with van der Waals surface area (Å²) in [7, 11) is 2.32. The van der Waals surface area contributed by atoms with Crippen molar-refractivity contribution in [2.45, 2.75) is 140 Å². The summed E-state index contributed by atoms with van der Waals surface area (Å²) in [5.74, 6) is -3.12. The lowest BCUT2D eigenvalue weighted by molar-refractivity contribution is -0.231. The molecule has 42 heavy (non-hydrogen) atoms. The Morgan fingerprint density at radius 1 is 0.548 bits per heavy atom. The van der Waals surface area contributed by atoms with Gasteiger partial charge in [0.15, 0.2) is 60.1 Å². The van der Waals surface area contributed by atoms with E-state index < -0.39 is 72.4 Å². The quantitative estimate of drug-likeness (QED) is 0.319. The van der Waals surface area contributed by atoms with Crippen LogP contribution in [0.15, 0.2) is 0 Å². The smallest absolute Gasteiger partial charge is 0.231 e. The van der Waals surface area contributed by atoms with Crippen molar-refractivity contribution in [1.29, 1.82) is 0 Å². The first-order valence-corrected chi connectivity index (χ1v) is 16.9. The van der Waals surface area contributed by atoms with Gasteiger partial charge in [-0.25, -0.2) is 0 Å². The standard InChI is InChI=1S/C26H38O12S4/c1-23(2)27-9-11(33-23)13-15(17-19(29-13)37-25(5,6)35-17)31-21(39)41-42-22(40)32-16-14(12-10-28-24(3,4)34-12)30-20-18(16)36-26(7,8)38-20/h11-20H,9-10H2,1-8H3/t11-,12-,13-,14-,15-,16+,17+,18+,19-,20-/m0/s1. The molecule has 0 aromatic rings. The van der Waals surface area contributed by atoms with E-state index in [1.165, 1.54) is 0 Å². The van der Waals surface area contributed by atoms with Crippen LogP contribution in [0.4, 0.5) is 0 Å². The SMILES string of the molecule is CC1(C)O[C@@H]2O[C@@H]([C@@H]3COC(C)(C)O3)[C@@H](OC(=S)SSC(=S)O[C@H]3[C@H]([C@@H]4COC(C)(C)O4)O[C@H]4OC(C)(C)O[C@@H]43)[C@H]2O1. The van der Waals surface area contributed by atoms with E-state index in [-0.39, 0.29) is 21.0 Å². The Labute approximate surface area is 264 Å². The second-order valence-electron chi connectivity index (χ2n) is 12.7. The summed E-state index contributed by atoms with van der Waals surface area (Å²) >= 11 is 11.2. The first-order valence-electron chi connectivity index (χ1n) is 13.9. The molecule has 0 aliphatic carbocycles. The molecule has 6 aliphatic rings. The first-order chi connectivity index (χ1) is 19.5. The Morgan fingerprint density at radius 3 is 1.26 bits per heavy atom. The Bertz CT molecular complexity index is 990. The van der Waals surface area contributed by atoms with Crippen LogP contribution in [0.5, 0.6) is 0 Å². The van der Waals surface area contributed by atoms with Gasteiger partial charge in [0.1, 0.15) is 24.4 Å². The Balaban J connectivity index is 1.07. The summed E-state index contributed by atoms with van der Waals surface area (Å²) in [6.45, 7) is 15.4. The van der Waals surface area contributed by atoms with Crippen LogP contribution in [0.2, 0.25) is 0 Å². The number of ether oxygens (including phenoxy) is 12. The van der Waals surface area contributed by atoms with E-state index in [4.69, 9.17) is 81.3 Å². The van der Waals surface area contributed by atoms with Crippen LogP contribution in [-0.2, 0) is 56.8 Å². The highest BCUT2D eigenvalue weighted by Gasteiger charge is 2.61. The van der Waals surface area contributed by atoms with Crippen LogP contribution in [0.1, 0.15) is 55.4 Å². The van der Waals surface area contributed by atoms with Gasteiger partial charge < -0.3 is 56.8 Å². The van der Waals surface area contributed by atoms with E-state index in [1.54, 1.807) is 0 Å². The van der Waals surface area contributed by atoms with Gasteiger partial charge in [0.2, 0.25) is 8.77 Å². The van der Waals surface area contributed by atoms with Gasteiger partial charge in [-0.15, -0.1) is 0 Å². The Hall–Kier alpha value is 0.0800. The molecule has 10 atom stereocenters. The molecule has 0 spiro atoms. The van der Waals surface area contributed by atoms with E-state index in [1.807, 2.05) is 55.4 Å². The lowest BCUT2D eigenvalue weighted by Crippen LogP contribution is -2.45. The summed E-state index contributed by atoms with van der Waals surface area (Å²) in [6, 6.07) is 0. The van der Waals surface area contributed by atoms with E-state index in [0.717, 1.165) is 21.6 Å². The number of hydrogen-bond donors (Lipinski definition) is 0. The van der Waals surface area contributed by atoms with Gasteiger partial charge >= 0.3 is 0 Å². The average molecular weight is 671 g/mol. The van der Waals surface area contributed by atoms with Crippen LogP contribution in [0.25, 0.3) is 0 Å². The minimum atomic E-state index is -0.825. The van der Waals surface area contributed by atoms with Gasteiger partial charge in [0, 0.05) is 21.6 Å². The molecule has 6 fully saturated rings. The van der Waals surface area contributed by atoms with E-state index >= 15 is 0 Å². The van der Waals surface area contributed by atoms with Crippen LogP contribution >= 0.6 is 46.0 Å². The molecule has 6 rings (SSSR count). The number of fused-ring (bicyclic) bond motifs is 2. The molecular weight excluding hydrogens is 633 g/mol. The largest absolute Gasteiger partial charge is 0.469 e. The van der Waals surface area contributed by atoms with Gasteiger partial charge in [0.05, 0.1) is 13.2 Å². The number of hydrogen-bond acceptors (Lipinski definition) is 16. The third-order valence-corrected chi connectivity index (χ3v) is 10.5. The molecule has 6 aliphatic heterocycles. The van der Waals surface area contributed by atoms with Gasteiger partial charge in [-0.3, -0.25) is 0 Å². The highest BCUT2D eigenvalue weighted by Crippen LogP contribution is 2.45. The summed E-state index contributed by atoms with van der Waals surface area (Å²) < 4.78 is 73.1. The van der Waals surface area contributed by atoms with Crippen molar-refractivity contribution in [3.05, 3.63) is 0 Å². The molecule has 0 amide bonds. The molecule has 238 valence electrons. The normalized spacial score (nSPS) is 44.2. The maximum Gasteiger partial charge on any atom is 0.231 e. The monoisotopic (exact) mass is 670 g/mol. The minimum Gasteiger partial charge on any atom is -0.469 e. The molecule has 0 N–H and O–H groups in total. The summed E-state index contributed by atoms with van der Waals surface area (Å²) in [5.41, 5.74) is 0. The van der Waals surface area contributed by atoms with Crippen molar-refractivity contribution >= 4 is 54.8 Å². The first kappa shape index (κ1) is 32.0. The van der Waals surface area contributed by atoms with Crippen molar-refractivity contribution < 1.29 is 56.8 Å². The molecule has 6 heterocycles. The van der Waals surface area contributed by atoms with Gasteiger partial charge in [0.25, 0.3) is 0 Å². The molecule has 0 unspecified atom stereocenters. The predicted octanol–water partition coefficient (Wildman–Crippen LogP) is 3.76. The van der Waals surface area contributed by atoms with E-state index in [2.05, 4.69) is 0 Å². The zero-order valence-corrected chi connectivity index (χ0v) is 28.0. The van der Waals surface area contributed by atoms with E-state index in [0.29, 0.717) is 13.2 Å². The van der Waals surface area contributed by atoms with Crippen molar-refractivity contribution in [3.63, 3.8) is 0 Å². The lowest BCUT2D eigenvalue weighted by atomic mass is 10.1. The molecule has 0 aromatic heterocycles. The third kappa shape index (κ3) is 6.77. The predicted molar refractivity (Wildman–Crippen MR) is 157 cm³/mol. The highest BCUT2D eigenvalue weighted by molar-refractivity contribution is 8.89. The van der Waals surface area contributed by atoms with Gasteiger partial charge in [-0.1, -0.05) is 0 Å². The van der Waals surface area contributed by atoms with Crippen molar-refractivity contribution in [3.8, 4) is 0 Å². The lowest BCUT2D eigenvalue weighted by Gasteiger charge is -2.29. The molecule has 0 bridgehead atoms. The zero-order valence-electron chi connectivity index (χ0n) is 24.7. The Morgan fingerprint density at radius 2 is 0.929 bits per heavy atom. The Kier molecular flexibility index (Phi) is 8.70. The second-order valence-corrected chi connectivity index (χ2v) is 16.0. The second kappa shape index (κ2) is 11.4. The van der Waals surface area contributed by atoms with Crippen LogP contribution in [0.3, 0.4) is 0 Å². The molecule has 16 heteroatoms.